The van der Waals surface area contributed by atoms with Gasteiger partial charge in [-0.25, -0.2) is 4.98 Å². The van der Waals surface area contributed by atoms with E-state index in [9.17, 15) is 27.6 Å². The molecule has 6 rings (SSSR count). The Morgan fingerprint density at radius 2 is 1.85 bits per heavy atom. The Hall–Kier alpha value is -4.48. The average Bonchev–Trinajstić information content (AvgIpc) is 3.36. The summed E-state index contributed by atoms with van der Waals surface area (Å²) >= 11 is 6.06. The van der Waals surface area contributed by atoms with Crippen LogP contribution in [0.3, 0.4) is 0 Å². The molecule has 3 amide bonds. The summed E-state index contributed by atoms with van der Waals surface area (Å²) in [6.07, 6.45) is -0.745. The van der Waals surface area contributed by atoms with Gasteiger partial charge in [0.1, 0.15) is 5.82 Å². The van der Waals surface area contributed by atoms with Crippen LogP contribution in [0.1, 0.15) is 54.1 Å². The van der Waals surface area contributed by atoms with Crippen molar-refractivity contribution in [2.75, 3.05) is 29.4 Å². The fourth-order valence-electron chi connectivity index (χ4n) is 6.77. The summed E-state index contributed by atoms with van der Waals surface area (Å²) in [5.41, 5.74) is 2.65. The Kier molecular flexibility index (Phi) is 9.70. The molecule has 4 aromatic rings. The van der Waals surface area contributed by atoms with E-state index in [-0.39, 0.29) is 36.0 Å². The second kappa shape index (κ2) is 13.9. The first-order valence-corrected chi connectivity index (χ1v) is 16.3. The third-order valence-electron chi connectivity index (χ3n) is 9.26. The number of pyridine rings is 1. The van der Waals surface area contributed by atoms with E-state index in [1.165, 1.54) is 6.20 Å². The number of imide groups is 1. The smallest absolute Gasteiger partial charge is 0.356 e. The van der Waals surface area contributed by atoms with E-state index < -0.39 is 11.7 Å². The van der Waals surface area contributed by atoms with Crippen molar-refractivity contribution in [3.63, 3.8) is 0 Å². The summed E-state index contributed by atoms with van der Waals surface area (Å²) in [5.74, 6) is -0.259. The molecule has 3 heterocycles. The van der Waals surface area contributed by atoms with Gasteiger partial charge in [-0.3, -0.25) is 19.7 Å². The number of anilines is 2. The molecule has 0 aliphatic carbocycles. The molecule has 250 valence electrons. The molecule has 1 fully saturated rings. The number of nitrogens with zero attached hydrogens (tertiary/aromatic N) is 3. The third kappa shape index (κ3) is 6.88. The standard InChI is InChI=1S/C36H35ClF3N5O3/c1-22(8-11-32(47)43-21-46)45-31-10-9-25(28-6-3-7-29(33(28)31)35(45)48)19-41-18-23-12-14-44(15-13-23)34-30(36(38,39)40)17-26(20-42-34)24-4-2-5-27(37)16-24/h2-7,9-10,16-17,20-23,41H,8,11-15,18-19H2,1H3,(H,43,46,47). The van der Waals surface area contributed by atoms with Crippen LogP contribution >= 0.6 is 11.6 Å². The number of alkyl halides is 3. The van der Waals surface area contributed by atoms with Crippen molar-refractivity contribution < 1.29 is 27.6 Å². The lowest BCUT2D eigenvalue weighted by molar-refractivity contribution is -0.137. The van der Waals surface area contributed by atoms with E-state index >= 15 is 0 Å². The molecule has 2 aliphatic rings. The third-order valence-corrected chi connectivity index (χ3v) is 9.50. The summed E-state index contributed by atoms with van der Waals surface area (Å²) in [6.45, 7) is 4.09. The molecule has 12 heteroatoms. The van der Waals surface area contributed by atoms with Gasteiger partial charge in [-0.05, 0) is 85.5 Å². The molecule has 1 unspecified atom stereocenters. The van der Waals surface area contributed by atoms with E-state index in [0.29, 0.717) is 60.7 Å². The predicted octanol–water partition coefficient (Wildman–Crippen LogP) is 6.98. The van der Waals surface area contributed by atoms with Crippen molar-refractivity contribution in [3.05, 3.63) is 88.6 Å². The largest absolute Gasteiger partial charge is 0.419 e. The van der Waals surface area contributed by atoms with Gasteiger partial charge in [0.15, 0.2) is 0 Å². The maximum Gasteiger partial charge on any atom is 0.419 e. The Bertz CT molecular complexity index is 1860. The number of rotatable bonds is 11. The summed E-state index contributed by atoms with van der Waals surface area (Å²) in [4.78, 5) is 43.5. The topological polar surface area (TPSA) is 94.6 Å². The minimum absolute atomic E-state index is 0.0466. The molecule has 0 spiro atoms. The fourth-order valence-corrected chi connectivity index (χ4v) is 6.96. The van der Waals surface area contributed by atoms with Gasteiger partial charge in [-0.2, -0.15) is 13.2 Å². The zero-order chi connectivity index (χ0) is 34.0. The summed E-state index contributed by atoms with van der Waals surface area (Å²) in [6, 6.07) is 17.2. The molecule has 0 saturated carbocycles. The number of carbonyl (C=O) groups excluding carboxylic acids is 3. The van der Waals surface area contributed by atoms with E-state index in [0.717, 1.165) is 40.9 Å². The molecule has 48 heavy (non-hydrogen) atoms. The molecule has 2 aliphatic heterocycles. The molecule has 3 aromatic carbocycles. The highest BCUT2D eigenvalue weighted by Gasteiger charge is 2.37. The Morgan fingerprint density at radius 1 is 1.08 bits per heavy atom. The summed E-state index contributed by atoms with van der Waals surface area (Å²) in [5, 5.41) is 7.97. The number of hydrogen-bond acceptors (Lipinski definition) is 6. The molecule has 1 saturated heterocycles. The first-order chi connectivity index (χ1) is 23.0. The van der Waals surface area contributed by atoms with E-state index in [1.807, 2.05) is 37.3 Å². The van der Waals surface area contributed by atoms with Gasteiger partial charge in [0.05, 0.1) is 11.3 Å². The van der Waals surface area contributed by atoms with Gasteiger partial charge in [0.25, 0.3) is 5.91 Å². The number of hydrogen-bond donors (Lipinski definition) is 2. The lowest BCUT2D eigenvalue weighted by atomic mass is 9.95. The Balaban J connectivity index is 1.08. The number of nitrogens with one attached hydrogen (secondary N) is 2. The number of amides is 3. The maximum absolute atomic E-state index is 14.2. The van der Waals surface area contributed by atoms with Gasteiger partial charge in [0, 0.05) is 59.8 Å². The SMILES string of the molecule is CC(CCC(=O)NC=O)N1C(=O)c2cccc3c(CNCC4CCN(c5ncc(-c6cccc(Cl)c6)cc5C(F)(F)F)CC4)ccc1c23. The van der Waals surface area contributed by atoms with Crippen molar-refractivity contribution in [2.45, 2.75) is 51.4 Å². The quantitative estimate of drug-likeness (QED) is 0.166. The highest BCUT2D eigenvalue weighted by Crippen LogP contribution is 2.41. The van der Waals surface area contributed by atoms with Crippen molar-refractivity contribution in [2.24, 2.45) is 5.92 Å². The number of piperidine rings is 1. The molecule has 1 atom stereocenters. The molecule has 8 nitrogen and oxygen atoms in total. The number of aromatic nitrogens is 1. The first kappa shape index (κ1) is 33.4. The van der Waals surface area contributed by atoms with Gasteiger partial charge in [-0.15, -0.1) is 0 Å². The second-order valence-electron chi connectivity index (χ2n) is 12.4. The highest BCUT2D eigenvalue weighted by molar-refractivity contribution is 6.30. The van der Waals surface area contributed by atoms with Crippen LogP contribution in [0, 0.1) is 5.92 Å². The van der Waals surface area contributed by atoms with Gasteiger partial charge >= 0.3 is 6.18 Å². The zero-order valence-corrected chi connectivity index (χ0v) is 27.1. The van der Waals surface area contributed by atoms with E-state index in [1.54, 1.807) is 34.1 Å². The van der Waals surface area contributed by atoms with Gasteiger partial charge in [-0.1, -0.05) is 41.9 Å². The zero-order valence-electron chi connectivity index (χ0n) is 26.3. The molecule has 2 N–H and O–H groups in total. The van der Waals surface area contributed by atoms with E-state index in [4.69, 9.17) is 11.6 Å². The Labute approximate surface area is 281 Å². The minimum Gasteiger partial charge on any atom is -0.356 e. The van der Waals surface area contributed by atoms with Gasteiger partial charge in [0.2, 0.25) is 12.3 Å². The first-order valence-electron chi connectivity index (χ1n) is 15.9. The lowest BCUT2D eigenvalue weighted by Gasteiger charge is -2.34. The number of halogens is 4. The van der Waals surface area contributed by atoms with Crippen LogP contribution < -0.4 is 20.4 Å². The fraction of sp³-hybridized carbons (Fsp3) is 0.333. The molecular weight excluding hydrogens is 643 g/mol. The van der Waals surface area contributed by atoms with Crippen LogP contribution in [0.15, 0.2) is 66.9 Å². The van der Waals surface area contributed by atoms with Crippen LogP contribution in [0.4, 0.5) is 24.7 Å². The molecule has 0 radical (unpaired) electrons. The van der Waals surface area contributed by atoms with Crippen molar-refractivity contribution >= 4 is 52.1 Å². The van der Waals surface area contributed by atoms with Crippen LogP contribution in [-0.2, 0) is 22.3 Å². The van der Waals surface area contributed by atoms with Crippen LogP contribution in [0.25, 0.3) is 21.9 Å². The highest BCUT2D eigenvalue weighted by atomic mass is 35.5. The molecular formula is C36H35ClF3N5O3. The lowest BCUT2D eigenvalue weighted by Crippen LogP contribution is -2.38. The average molecular weight is 678 g/mol. The molecule has 0 bridgehead atoms. The van der Waals surface area contributed by atoms with Gasteiger partial charge < -0.3 is 15.1 Å². The number of benzene rings is 3. The second-order valence-corrected chi connectivity index (χ2v) is 12.8. The molecule has 1 aromatic heterocycles. The summed E-state index contributed by atoms with van der Waals surface area (Å²) < 4.78 is 42.5. The Morgan fingerprint density at radius 3 is 2.58 bits per heavy atom. The van der Waals surface area contributed by atoms with Crippen LogP contribution in [0.2, 0.25) is 5.02 Å². The normalized spacial score (nSPS) is 15.6. The number of carbonyl (C=O) groups is 3. The predicted molar refractivity (Wildman–Crippen MR) is 180 cm³/mol. The maximum atomic E-state index is 14.2. The van der Waals surface area contributed by atoms with Crippen molar-refractivity contribution in [1.82, 2.24) is 15.6 Å². The van der Waals surface area contributed by atoms with Crippen molar-refractivity contribution in [3.8, 4) is 11.1 Å². The minimum atomic E-state index is -4.55. The van der Waals surface area contributed by atoms with Crippen LogP contribution in [0.5, 0.6) is 0 Å². The van der Waals surface area contributed by atoms with Crippen LogP contribution in [-0.4, -0.2) is 48.9 Å². The summed E-state index contributed by atoms with van der Waals surface area (Å²) in [7, 11) is 0. The van der Waals surface area contributed by atoms with Crippen molar-refractivity contribution in [1.29, 1.82) is 0 Å². The monoisotopic (exact) mass is 677 g/mol. The van der Waals surface area contributed by atoms with E-state index in [2.05, 4.69) is 15.6 Å².